The van der Waals surface area contributed by atoms with Gasteiger partial charge in [-0.15, -0.1) is 0 Å². The predicted octanol–water partition coefficient (Wildman–Crippen LogP) is 0.987. The van der Waals surface area contributed by atoms with Crippen LogP contribution in [0.25, 0.3) is 0 Å². The summed E-state index contributed by atoms with van der Waals surface area (Å²) in [7, 11) is 0. The summed E-state index contributed by atoms with van der Waals surface area (Å²) >= 11 is 0. The third kappa shape index (κ3) is 2.55. The number of carboxylic acids is 1. The molecule has 1 saturated heterocycles. The zero-order valence-corrected chi connectivity index (χ0v) is 9.71. The Balaban J connectivity index is 2.10. The molecule has 2 atom stereocenters. The first-order valence-corrected chi connectivity index (χ1v) is 5.70. The van der Waals surface area contributed by atoms with Crippen molar-refractivity contribution in [2.45, 2.75) is 19.4 Å². The number of aromatic carboxylic acids is 1. The molecular formula is C12H16N2O3. The Hall–Kier alpha value is -1.62. The summed E-state index contributed by atoms with van der Waals surface area (Å²) in [5.41, 5.74) is 0.193. The van der Waals surface area contributed by atoms with Crippen molar-refractivity contribution in [3.8, 4) is 0 Å². The minimum atomic E-state index is -0.966. The predicted molar refractivity (Wildman–Crippen MR) is 63.2 cm³/mol. The van der Waals surface area contributed by atoms with Crippen molar-refractivity contribution in [2.24, 2.45) is 5.92 Å². The van der Waals surface area contributed by atoms with Crippen molar-refractivity contribution in [2.75, 3.05) is 18.0 Å². The third-order valence-corrected chi connectivity index (χ3v) is 3.18. The van der Waals surface area contributed by atoms with Crippen LogP contribution in [-0.2, 0) is 0 Å². The van der Waals surface area contributed by atoms with Crippen LogP contribution in [0.1, 0.15) is 23.7 Å². The van der Waals surface area contributed by atoms with Gasteiger partial charge in [-0.05, 0) is 24.5 Å². The Labute approximate surface area is 99.7 Å². The highest BCUT2D eigenvalue weighted by molar-refractivity contribution is 5.87. The van der Waals surface area contributed by atoms with Crippen LogP contribution in [0.4, 0.5) is 5.82 Å². The third-order valence-electron chi connectivity index (χ3n) is 3.18. The van der Waals surface area contributed by atoms with Gasteiger partial charge in [0.15, 0.2) is 0 Å². The Morgan fingerprint density at radius 1 is 1.53 bits per heavy atom. The number of nitrogens with zero attached hydrogens (tertiary/aromatic N) is 2. The Bertz CT molecular complexity index is 405. The van der Waals surface area contributed by atoms with Gasteiger partial charge in [-0.3, -0.25) is 0 Å². The molecule has 2 heterocycles. The summed E-state index contributed by atoms with van der Waals surface area (Å²) in [6.45, 7) is 3.51. The summed E-state index contributed by atoms with van der Waals surface area (Å²) in [6, 6.07) is 3.27. The zero-order valence-electron chi connectivity index (χ0n) is 9.71. The lowest BCUT2D eigenvalue weighted by atomic mass is 9.97. The van der Waals surface area contributed by atoms with Crippen LogP contribution >= 0.6 is 0 Å². The fourth-order valence-electron chi connectivity index (χ4n) is 2.04. The van der Waals surface area contributed by atoms with E-state index in [0.29, 0.717) is 0 Å². The van der Waals surface area contributed by atoms with Crippen LogP contribution in [0.15, 0.2) is 18.3 Å². The average molecular weight is 236 g/mol. The fraction of sp³-hybridized carbons (Fsp3) is 0.500. The van der Waals surface area contributed by atoms with Gasteiger partial charge in [-0.25, -0.2) is 9.78 Å². The zero-order chi connectivity index (χ0) is 12.4. The van der Waals surface area contributed by atoms with Crippen molar-refractivity contribution in [3.05, 3.63) is 23.9 Å². The number of carboxylic acid groups (broad SMARTS) is 1. The first kappa shape index (κ1) is 11.9. The second-order valence-corrected chi connectivity index (χ2v) is 4.49. The summed E-state index contributed by atoms with van der Waals surface area (Å²) in [6.07, 6.45) is 1.85. The number of carbonyl (C=O) groups is 1. The fourth-order valence-corrected chi connectivity index (χ4v) is 2.04. The van der Waals surface area contributed by atoms with Crippen molar-refractivity contribution in [1.82, 2.24) is 4.98 Å². The van der Waals surface area contributed by atoms with E-state index >= 15 is 0 Å². The standard InChI is InChI=1S/C12H16N2O3/c1-8-7-14(5-4-10(8)15)11-3-2-9(6-13-11)12(16)17/h2-3,6,8,10,15H,4-5,7H2,1H3,(H,16,17)/t8-,10-/m1/s1. The van der Waals surface area contributed by atoms with E-state index in [-0.39, 0.29) is 17.6 Å². The van der Waals surface area contributed by atoms with Crippen molar-refractivity contribution in [3.63, 3.8) is 0 Å². The van der Waals surface area contributed by atoms with E-state index < -0.39 is 5.97 Å². The number of hydrogen-bond donors (Lipinski definition) is 2. The smallest absolute Gasteiger partial charge is 0.337 e. The number of anilines is 1. The van der Waals surface area contributed by atoms with Crippen LogP contribution in [0, 0.1) is 5.92 Å². The molecule has 0 aliphatic carbocycles. The maximum atomic E-state index is 10.7. The van der Waals surface area contributed by atoms with E-state index in [9.17, 15) is 9.90 Å². The highest BCUT2D eigenvalue weighted by Crippen LogP contribution is 2.21. The molecule has 0 bridgehead atoms. The quantitative estimate of drug-likeness (QED) is 0.801. The van der Waals surface area contributed by atoms with Gasteiger partial charge >= 0.3 is 5.97 Å². The van der Waals surface area contributed by atoms with E-state index in [1.807, 2.05) is 6.92 Å². The molecule has 0 aromatic carbocycles. The normalized spacial score (nSPS) is 24.7. The number of hydrogen-bond acceptors (Lipinski definition) is 4. The largest absolute Gasteiger partial charge is 0.478 e. The number of aliphatic hydroxyl groups is 1. The van der Waals surface area contributed by atoms with Gasteiger partial charge in [0.1, 0.15) is 5.82 Å². The molecule has 0 radical (unpaired) electrons. The van der Waals surface area contributed by atoms with Gasteiger partial charge in [-0.1, -0.05) is 6.92 Å². The molecule has 1 aromatic heterocycles. The number of rotatable bonds is 2. The molecule has 5 nitrogen and oxygen atoms in total. The van der Waals surface area contributed by atoms with Gasteiger partial charge < -0.3 is 15.1 Å². The molecular weight excluding hydrogens is 220 g/mol. The van der Waals surface area contributed by atoms with Gasteiger partial charge in [0.05, 0.1) is 11.7 Å². The molecule has 1 fully saturated rings. The van der Waals surface area contributed by atoms with Gasteiger partial charge in [0, 0.05) is 19.3 Å². The van der Waals surface area contributed by atoms with Crippen LogP contribution in [0.5, 0.6) is 0 Å². The first-order chi connectivity index (χ1) is 8.08. The maximum Gasteiger partial charge on any atom is 0.337 e. The summed E-state index contributed by atoms with van der Waals surface area (Å²) in [5, 5.41) is 18.4. The molecule has 1 aliphatic rings. The van der Waals surface area contributed by atoms with E-state index in [2.05, 4.69) is 9.88 Å². The molecule has 1 aliphatic heterocycles. The number of piperidine rings is 1. The minimum Gasteiger partial charge on any atom is -0.478 e. The summed E-state index contributed by atoms with van der Waals surface area (Å²) in [5.74, 6) is 0.0185. The Morgan fingerprint density at radius 2 is 2.29 bits per heavy atom. The van der Waals surface area contributed by atoms with Crippen LogP contribution < -0.4 is 4.90 Å². The molecule has 1 aromatic rings. The van der Waals surface area contributed by atoms with Crippen LogP contribution in [-0.4, -0.2) is 40.4 Å². The monoisotopic (exact) mass is 236 g/mol. The molecule has 0 amide bonds. The van der Waals surface area contributed by atoms with E-state index in [0.717, 1.165) is 25.3 Å². The molecule has 0 saturated carbocycles. The molecule has 92 valence electrons. The topological polar surface area (TPSA) is 73.7 Å². The first-order valence-electron chi connectivity index (χ1n) is 5.70. The van der Waals surface area contributed by atoms with Crippen molar-refractivity contribution < 1.29 is 15.0 Å². The van der Waals surface area contributed by atoms with E-state index in [1.54, 1.807) is 12.1 Å². The highest BCUT2D eigenvalue weighted by atomic mass is 16.4. The average Bonchev–Trinajstić information content (AvgIpc) is 2.33. The Morgan fingerprint density at radius 3 is 2.82 bits per heavy atom. The lowest BCUT2D eigenvalue weighted by Crippen LogP contribution is -2.42. The van der Waals surface area contributed by atoms with Crippen molar-refractivity contribution >= 4 is 11.8 Å². The summed E-state index contributed by atoms with van der Waals surface area (Å²) in [4.78, 5) is 16.9. The lowest BCUT2D eigenvalue weighted by Gasteiger charge is -2.35. The SMILES string of the molecule is C[C@@H]1CN(c2ccc(C(=O)O)cn2)CC[C@H]1O. The molecule has 17 heavy (non-hydrogen) atoms. The van der Waals surface area contributed by atoms with Crippen LogP contribution in [0.3, 0.4) is 0 Å². The Kier molecular flexibility index (Phi) is 3.28. The number of aromatic nitrogens is 1. The molecule has 0 spiro atoms. The second-order valence-electron chi connectivity index (χ2n) is 4.49. The number of pyridine rings is 1. The minimum absolute atomic E-state index is 0.193. The molecule has 5 heteroatoms. The highest BCUT2D eigenvalue weighted by Gasteiger charge is 2.24. The van der Waals surface area contributed by atoms with Gasteiger partial charge in [0.2, 0.25) is 0 Å². The lowest BCUT2D eigenvalue weighted by molar-refractivity contribution is 0.0696. The van der Waals surface area contributed by atoms with E-state index in [1.165, 1.54) is 6.20 Å². The van der Waals surface area contributed by atoms with Gasteiger partial charge in [-0.2, -0.15) is 0 Å². The van der Waals surface area contributed by atoms with Crippen molar-refractivity contribution in [1.29, 1.82) is 0 Å². The molecule has 2 rings (SSSR count). The number of aliphatic hydroxyl groups excluding tert-OH is 1. The molecule has 2 N–H and O–H groups in total. The summed E-state index contributed by atoms with van der Waals surface area (Å²) < 4.78 is 0. The second kappa shape index (κ2) is 4.71. The van der Waals surface area contributed by atoms with Gasteiger partial charge in [0.25, 0.3) is 0 Å². The molecule has 0 unspecified atom stereocenters. The van der Waals surface area contributed by atoms with Crippen LogP contribution in [0.2, 0.25) is 0 Å². The van der Waals surface area contributed by atoms with E-state index in [4.69, 9.17) is 5.11 Å². The maximum absolute atomic E-state index is 10.7.